The Balaban J connectivity index is 2.04. The fourth-order valence-electron chi connectivity index (χ4n) is 4.33. The van der Waals surface area contributed by atoms with E-state index in [2.05, 4.69) is 13.8 Å². The van der Waals surface area contributed by atoms with Crippen LogP contribution >= 0.6 is 0 Å². The van der Waals surface area contributed by atoms with Crippen LogP contribution in [-0.4, -0.2) is 50.2 Å². The molecule has 30 heavy (non-hydrogen) atoms. The van der Waals surface area contributed by atoms with E-state index in [4.69, 9.17) is 24.1 Å². The number of rotatable bonds is 7. The number of fused-ring (bicyclic) bond motifs is 3. The molecule has 1 fully saturated rings. The molecule has 1 aromatic rings. The zero-order chi connectivity index (χ0) is 26.3. The van der Waals surface area contributed by atoms with Gasteiger partial charge in [0.25, 0.3) is 0 Å². The van der Waals surface area contributed by atoms with Gasteiger partial charge in [0.15, 0.2) is 11.5 Å². The maximum atomic E-state index is 12.8. The van der Waals surface area contributed by atoms with Gasteiger partial charge < -0.3 is 19.9 Å². The lowest BCUT2D eigenvalue weighted by Crippen LogP contribution is -2.51. The quantitative estimate of drug-likeness (QED) is 0.676. The third-order valence-corrected chi connectivity index (χ3v) is 6.06. The summed E-state index contributed by atoms with van der Waals surface area (Å²) in [7, 11) is -1.23. The van der Waals surface area contributed by atoms with Crippen LogP contribution in [0.1, 0.15) is 64.5 Å². The van der Waals surface area contributed by atoms with Crippen molar-refractivity contribution in [3.05, 3.63) is 23.3 Å². The molecule has 2 aliphatic heterocycles. The number of benzene rings is 1. The molecule has 0 spiro atoms. The average molecular weight is 424 g/mol. The third kappa shape index (κ3) is 4.75. The molecule has 6 nitrogen and oxygen atoms in total. The normalized spacial score (nSPS) is 32.7. The Hall–Kier alpha value is -1.79. The Morgan fingerprint density at radius 3 is 2.67 bits per heavy atom. The molecular formula is C24H38N2O4. The van der Waals surface area contributed by atoms with Gasteiger partial charge >= 0.3 is 5.97 Å². The first-order valence-corrected chi connectivity index (χ1v) is 10.7. The highest BCUT2D eigenvalue weighted by Crippen LogP contribution is 2.44. The predicted molar refractivity (Wildman–Crippen MR) is 118 cm³/mol. The number of methoxy groups -OCH3 is 2. The van der Waals surface area contributed by atoms with Gasteiger partial charge in [-0.05, 0) is 47.9 Å². The summed E-state index contributed by atoms with van der Waals surface area (Å²) in [5.74, 6) is -0.495. The number of hydrogen-bond donors (Lipinski definition) is 1. The molecule has 0 saturated carbocycles. The zero-order valence-electron chi connectivity index (χ0n) is 23.7. The van der Waals surface area contributed by atoms with Crippen molar-refractivity contribution in [2.45, 2.75) is 65.1 Å². The molecule has 2 heterocycles. The van der Waals surface area contributed by atoms with Gasteiger partial charge in [-0.1, -0.05) is 27.7 Å². The standard InChI is InChI=1S/C24H38N2O4/c1-14(2)9-17-13-26-8-7-16-10-21(28-5)22(29-6)11-18(16)19(26)12-20(17)30-24(27)23(25)15(3)4/h10-11,14-15,17,19-20,23H,7-9,12-13,25H2,1-6H3/t17?,19?,20?,23-/m0/s1/i5D3,19D,20D. The SMILES string of the molecule is [2H]C([2H])([2H])Oc1cc2c(cc1OC)C1([2H])CC([2H])(OC(=O)[C@@H](N)C(C)C)C(CC(C)C)CN1CC2. The minimum absolute atomic E-state index is 0.0659. The van der Waals surface area contributed by atoms with Crippen molar-refractivity contribution in [3.63, 3.8) is 0 Å². The summed E-state index contributed by atoms with van der Waals surface area (Å²) >= 11 is 0. The van der Waals surface area contributed by atoms with Gasteiger partial charge in [-0.15, -0.1) is 0 Å². The summed E-state index contributed by atoms with van der Waals surface area (Å²) in [6.07, 6.45) is -0.443. The molecule has 0 aliphatic carbocycles. The molecule has 0 amide bonds. The van der Waals surface area contributed by atoms with Crippen LogP contribution in [0.15, 0.2) is 12.1 Å². The lowest BCUT2D eigenvalue weighted by molar-refractivity contribution is -0.160. The molecule has 2 aliphatic rings. The molecule has 2 N–H and O–H groups in total. The van der Waals surface area contributed by atoms with E-state index in [0.29, 0.717) is 31.5 Å². The number of piperidine rings is 1. The minimum Gasteiger partial charge on any atom is -0.493 e. The fraction of sp³-hybridized carbons (Fsp3) is 0.708. The van der Waals surface area contributed by atoms with E-state index < -0.39 is 31.1 Å². The Labute approximate surface area is 188 Å². The first-order chi connectivity index (χ1) is 16.1. The van der Waals surface area contributed by atoms with Crippen molar-refractivity contribution >= 4 is 5.97 Å². The Bertz CT molecular complexity index is 941. The van der Waals surface area contributed by atoms with Crippen LogP contribution in [-0.2, 0) is 16.0 Å². The molecule has 0 radical (unpaired) electrons. The van der Waals surface area contributed by atoms with E-state index in [1.54, 1.807) is 12.1 Å². The fourth-order valence-corrected chi connectivity index (χ4v) is 4.33. The second-order valence-electron chi connectivity index (χ2n) is 9.07. The van der Waals surface area contributed by atoms with E-state index in [0.717, 1.165) is 5.56 Å². The van der Waals surface area contributed by atoms with Crippen molar-refractivity contribution in [1.82, 2.24) is 4.90 Å². The summed E-state index contributed by atoms with van der Waals surface area (Å²) in [4.78, 5) is 14.9. The van der Waals surface area contributed by atoms with E-state index in [1.165, 1.54) is 7.11 Å². The summed E-state index contributed by atoms with van der Waals surface area (Å²) in [6, 6.07) is 1.02. The van der Waals surface area contributed by atoms with Gasteiger partial charge in [0.05, 0.1) is 21.0 Å². The van der Waals surface area contributed by atoms with Crippen molar-refractivity contribution in [2.24, 2.45) is 23.5 Å². The molecule has 0 bridgehead atoms. The van der Waals surface area contributed by atoms with Crippen LogP contribution in [0, 0.1) is 17.8 Å². The topological polar surface area (TPSA) is 74.0 Å². The largest absolute Gasteiger partial charge is 0.493 e. The second-order valence-corrected chi connectivity index (χ2v) is 9.07. The maximum Gasteiger partial charge on any atom is 0.323 e. The van der Waals surface area contributed by atoms with E-state index in [-0.39, 0.29) is 35.7 Å². The van der Waals surface area contributed by atoms with Crippen LogP contribution in [0.4, 0.5) is 0 Å². The molecule has 4 atom stereocenters. The van der Waals surface area contributed by atoms with Gasteiger partial charge in [0.2, 0.25) is 0 Å². The van der Waals surface area contributed by atoms with Crippen molar-refractivity contribution < 1.29 is 25.9 Å². The van der Waals surface area contributed by atoms with Gasteiger partial charge in [-0.3, -0.25) is 9.69 Å². The second kappa shape index (κ2) is 9.56. The number of nitrogens with zero attached hydrogens (tertiary/aromatic N) is 1. The molecular weight excluding hydrogens is 380 g/mol. The summed E-state index contributed by atoms with van der Waals surface area (Å²) < 4.78 is 57.6. The van der Waals surface area contributed by atoms with Crippen LogP contribution in [0.25, 0.3) is 0 Å². The summed E-state index contributed by atoms with van der Waals surface area (Å²) in [6.45, 7) is 8.75. The number of esters is 1. The Kier molecular flexibility index (Phi) is 5.37. The zero-order valence-corrected chi connectivity index (χ0v) is 18.7. The van der Waals surface area contributed by atoms with Crippen molar-refractivity contribution in [2.75, 3.05) is 27.2 Å². The number of nitrogens with two attached hydrogens (primary N) is 1. The molecule has 6 heteroatoms. The highest BCUT2D eigenvalue weighted by Gasteiger charge is 2.41. The highest BCUT2D eigenvalue weighted by molar-refractivity contribution is 5.76. The average Bonchev–Trinajstić information content (AvgIpc) is 2.72. The van der Waals surface area contributed by atoms with Crippen molar-refractivity contribution in [3.8, 4) is 11.5 Å². The molecule has 0 aromatic heterocycles. The van der Waals surface area contributed by atoms with Crippen LogP contribution < -0.4 is 15.2 Å². The number of hydrogen-bond acceptors (Lipinski definition) is 6. The monoisotopic (exact) mass is 423 g/mol. The smallest absolute Gasteiger partial charge is 0.323 e. The van der Waals surface area contributed by atoms with E-state index >= 15 is 0 Å². The number of carbonyl (C=O) groups is 1. The van der Waals surface area contributed by atoms with E-state index in [9.17, 15) is 7.54 Å². The Morgan fingerprint density at radius 1 is 1.30 bits per heavy atom. The molecule has 3 rings (SSSR count). The summed E-state index contributed by atoms with van der Waals surface area (Å²) in [5, 5.41) is 0. The summed E-state index contributed by atoms with van der Waals surface area (Å²) in [5.41, 5.74) is 7.39. The molecule has 1 saturated heterocycles. The van der Waals surface area contributed by atoms with Gasteiger partial charge in [0, 0.05) is 31.4 Å². The third-order valence-electron chi connectivity index (χ3n) is 6.06. The van der Waals surface area contributed by atoms with Crippen molar-refractivity contribution in [1.29, 1.82) is 0 Å². The van der Waals surface area contributed by atoms with E-state index in [1.807, 2.05) is 18.7 Å². The highest BCUT2D eigenvalue weighted by atomic mass is 16.5. The van der Waals surface area contributed by atoms with Gasteiger partial charge in [-0.2, -0.15) is 0 Å². The minimum atomic E-state index is -2.64. The number of ether oxygens (including phenoxy) is 3. The molecule has 3 unspecified atom stereocenters. The predicted octanol–water partition coefficient (Wildman–Crippen LogP) is 3.56. The Morgan fingerprint density at radius 2 is 2.03 bits per heavy atom. The van der Waals surface area contributed by atoms with Gasteiger partial charge in [-0.25, -0.2) is 0 Å². The maximum absolute atomic E-state index is 12.8. The van der Waals surface area contributed by atoms with Crippen LogP contribution in [0.5, 0.6) is 11.5 Å². The lowest BCUT2D eigenvalue weighted by atomic mass is 9.79. The molecule has 1 aromatic carbocycles. The lowest BCUT2D eigenvalue weighted by Gasteiger charge is -2.47. The van der Waals surface area contributed by atoms with Crippen LogP contribution in [0.3, 0.4) is 0 Å². The van der Waals surface area contributed by atoms with Crippen LogP contribution in [0.2, 0.25) is 0 Å². The first-order valence-electron chi connectivity index (χ1n) is 13.2. The molecule has 168 valence electrons. The first kappa shape index (κ1) is 16.8. The van der Waals surface area contributed by atoms with Gasteiger partial charge in [0.1, 0.15) is 12.1 Å². The number of carbonyl (C=O) groups excluding carboxylic acids is 1.